The molecule has 0 bridgehead atoms. The Morgan fingerprint density at radius 2 is 2.25 bits per heavy atom. The Morgan fingerprint density at radius 1 is 1.45 bits per heavy atom. The molecule has 3 N–H and O–H groups in total. The number of nitrogens with two attached hydrogens (primary N) is 1. The fourth-order valence-corrected chi connectivity index (χ4v) is 2.17. The van der Waals surface area contributed by atoms with Crippen LogP contribution in [0, 0.1) is 0 Å². The normalized spacial score (nSPS) is 10.7. The molecule has 0 saturated heterocycles. The van der Waals surface area contributed by atoms with Crippen LogP contribution in [0.2, 0.25) is 0 Å². The van der Waals surface area contributed by atoms with Crippen molar-refractivity contribution in [1.82, 2.24) is 14.9 Å². The van der Waals surface area contributed by atoms with Crippen molar-refractivity contribution in [3.63, 3.8) is 0 Å². The molecule has 2 aromatic rings. The lowest BCUT2D eigenvalue weighted by atomic mass is 10.2. The number of aromatic nitrogens is 2. The van der Waals surface area contributed by atoms with Gasteiger partial charge in [0.1, 0.15) is 0 Å². The van der Waals surface area contributed by atoms with Crippen LogP contribution in [-0.4, -0.2) is 28.5 Å². The quantitative estimate of drug-likeness (QED) is 0.836. The molecule has 1 amide bonds. The van der Waals surface area contributed by atoms with Crippen molar-refractivity contribution in [2.24, 2.45) is 5.73 Å². The van der Waals surface area contributed by atoms with E-state index in [1.807, 2.05) is 6.07 Å². The summed E-state index contributed by atoms with van der Waals surface area (Å²) in [5.41, 5.74) is 5.79. The van der Waals surface area contributed by atoms with Crippen molar-refractivity contribution in [1.29, 1.82) is 0 Å². The van der Waals surface area contributed by atoms with Crippen molar-refractivity contribution >= 4 is 32.7 Å². The number of rotatable bonds is 5. The first kappa shape index (κ1) is 14.7. The fraction of sp³-hybridized carbons (Fsp3) is 0.308. The van der Waals surface area contributed by atoms with Crippen LogP contribution in [0.1, 0.15) is 6.42 Å². The standard InChI is InChI=1S/C13H15BrN4O2/c14-9-1-2-11-10(7-9)13(20)18(8-17-11)6-3-12(19)16-5-4-15/h1-2,7-8H,3-6,15H2,(H,16,19). The van der Waals surface area contributed by atoms with E-state index in [9.17, 15) is 9.59 Å². The third kappa shape index (κ3) is 3.43. The first-order valence-corrected chi connectivity index (χ1v) is 7.02. The average molecular weight is 339 g/mol. The zero-order chi connectivity index (χ0) is 14.5. The maximum absolute atomic E-state index is 12.3. The van der Waals surface area contributed by atoms with Crippen LogP contribution >= 0.6 is 15.9 Å². The number of hydrogen-bond acceptors (Lipinski definition) is 4. The maximum atomic E-state index is 12.3. The van der Waals surface area contributed by atoms with Gasteiger partial charge in [0.15, 0.2) is 0 Å². The molecule has 0 radical (unpaired) electrons. The van der Waals surface area contributed by atoms with Crippen LogP contribution in [0.25, 0.3) is 10.9 Å². The zero-order valence-electron chi connectivity index (χ0n) is 10.8. The van der Waals surface area contributed by atoms with Gasteiger partial charge < -0.3 is 11.1 Å². The predicted molar refractivity (Wildman–Crippen MR) is 80.4 cm³/mol. The molecule has 7 heteroatoms. The first-order valence-electron chi connectivity index (χ1n) is 6.23. The third-order valence-corrected chi connectivity index (χ3v) is 3.33. The molecular weight excluding hydrogens is 324 g/mol. The topological polar surface area (TPSA) is 90.0 Å². The number of benzene rings is 1. The van der Waals surface area contributed by atoms with Crippen molar-refractivity contribution in [2.45, 2.75) is 13.0 Å². The second-order valence-electron chi connectivity index (χ2n) is 4.29. The van der Waals surface area contributed by atoms with E-state index in [-0.39, 0.29) is 17.9 Å². The van der Waals surface area contributed by atoms with Gasteiger partial charge >= 0.3 is 0 Å². The zero-order valence-corrected chi connectivity index (χ0v) is 12.4. The molecular formula is C13H15BrN4O2. The van der Waals surface area contributed by atoms with Crippen molar-refractivity contribution in [2.75, 3.05) is 13.1 Å². The number of hydrogen-bond donors (Lipinski definition) is 2. The van der Waals surface area contributed by atoms with Crippen LogP contribution in [-0.2, 0) is 11.3 Å². The van der Waals surface area contributed by atoms with Crippen LogP contribution < -0.4 is 16.6 Å². The van der Waals surface area contributed by atoms with Crippen LogP contribution in [0.15, 0.2) is 33.8 Å². The van der Waals surface area contributed by atoms with Gasteiger partial charge in [0.25, 0.3) is 5.56 Å². The fourth-order valence-electron chi connectivity index (χ4n) is 1.81. The van der Waals surface area contributed by atoms with Gasteiger partial charge in [-0.25, -0.2) is 4.98 Å². The smallest absolute Gasteiger partial charge is 0.261 e. The third-order valence-electron chi connectivity index (χ3n) is 2.83. The lowest BCUT2D eigenvalue weighted by molar-refractivity contribution is -0.121. The van der Waals surface area contributed by atoms with Gasteiger partial charge in [-0.1, -0.05) is 15.9 Å². The number of nitrogens with zero attached hydrogens (tertiary/aromatic N) is 2. The Balaban J connectivity index is 2.17. The number of carbonyl (C=O) groups is 1. The Bertz CT molecular complexity index is 684. The molecule has 0 atom stereocenters. The SMILES string of the molecule is NCCNC(=O)CCn1cnc2ccc(Br)cc2c1=O. The van der Waals surface area contributed by atoms with Gasteiger partial charge in [-0.15, -0.1) is 0 Å². The molecule has 20 heavy (non-hydrogen) atoms. The molecule has 106 valence electrons. The number of aryl methyl sites for hydroxylation is 1. The van der Waals surface area contributed by atoms with E-state index in [1.54, 1.807) is 12.1 Å². The Hall–Kier alpha value is -1.73. The number of amides is 1. The van der Waals surface area contributed by atoms with Gasteiger partial charge in [-0.2, -0.15) is 0 Å². The second kappa shape index (κ2) is 6.62. The largest absolute Gasteiger partial charge is 0.355 e. The number of nitrogens with one attached hydrogen (secondary N) is 1. The van der Waals surface area contributed by atoms with E-state index in [2.05, 4.69) is 26.2 Å². The number of halogens is 1. The summed E-state index contributed by atoms with van der Waals surface area (Å²) in [4.78, 5) is 28.0. The summed E-state index contributed by atoms with van der Waals surface area (Å²) >= 11 is 3.33. The Labute approximate surface area is 124 Å². The summed E-state index contributed by atoms with van der Waals surface area (Å²) in [6.45, 7) is 1.14. The summed E-state index contributed by atoms with van der Waals surface area (Å²) in [5, 5.41) is 3.19. The minimum absolute atomic E-state index is 0.128. The molecule has 0 spiro atoms. The highest BCUT2D eigenvalue weighted by atomic mass is 79.9. The second-order valence-corrected chi connectivity index (χ2v) is 5.21. The Kier molecular flexibility index (Phi) is 4.86. The van der Waals surface area contributed by atoms with Crippen LogP contribution in [0.4, 0.5) is 0 Å². The molecule has 1 heterocycles. The van der Waals surface area contributed by atoms with Gasteiger partial charge in [0.2, 0.25) is 5.91 Å². The Morgan fingerprint density at radius 3 is 3.00 bits per heavy atom. The van der Waals surface area contributed by atoms with Crippen LogP contribution in [0.5, 0.6) is 0 Å². The van der Waals surface area contributed by atoms with E-state index >= 15 is 0 Å². The highest BCUT2D eigenvalue weighted by Crippen LogP contribution is 2.14. The lowest BCUT2D eigenvalue weighted by Gasteiger charge is -2.07. The van der Waals surface area contributed by atoms with E-state index in [0.717, 1.165) is 4.47 Å². The molecule has 0 fully saturated rings. The predicted octanol–water partition coefficient (Wildman–Crippen LogP) is 0.624. The molecule has 0 aliphatic carbocycles. The molecule has 0 aliphatic rings. The van der Waals surface area contributed by atoms with Gasteiger partial charge in [-0.05, 0) is 18.2 Å². The molecule has 0 saturated carbocycles. The summed E-state index contributed by atoms with van der Waals surface area (Å²) in [6, 6.07) is 5.34. The van der Waals surface area contributed by atoms with Crippen molar-refractivity contribution < 1.29 is 4.79 Å². The summed E-state index contributed by atoms with van der Waals surface area (Å²) in [7, 11) is 0. The number of fused-ring (bicyclic) bond motifs is 1. The molecule has 1 aromatic heterocycles. The molecule has 0 unspecified atom stereocenters. The van der Waals surface area contributed by atoms with E-state index in [4.69, 9.17) is 5.73 Å². The lowest BCUT2D eigenvalue weighted by Crippen LogP contribution is -2.31. The van der Waals surface area contributed by atoms with Gasteiger partial charge in [0.05, 0.1) is 17.2 Å². The van der Waals surface area contributed by atoms with E-state index in [1.165, 1.54) is 10.9 Å². The van der Waals surface area contributed by atoms with E-state index < -0.39 is 0 Å². The molecule has 6 nitrogen and oxygen atoms in total. The summed E-state index contributed by atoms with van der Waals surface area (Å²) in [6.07, 6.45) is 1.69. The average Bonchev–Trinajstić information content (AvgIpc) is 2.45. The minimum Gasteiger partial charge on any atom is -0.355 e. The summed E-state index contributed by atoms with van der Waals surface area (Å²) in [5.74, 6) is -0.128. The summed E-state index contributed by atoms with van der Waals surface area (Å²) < 4.78 is 2.26. The van der Waals surface area contributed by atoms with E-state index in [0.29, 0.717) is 30.5 Å². The van der Waals surface area contributed by atoms with Crippen LogP contribution in [0.3, 0.4) is 0 Å². The monoisotopic (exact) mass is 338 g/mol. The highest BCUT2D eigenvalue weighted by Gasteiger charge is 2.06. The van der Waals surface area contributed by atoms with Gasteiger partial charge in [0, 0.05) is 30.5 Å². The molecule has 2 rings (SSSR count). The molecule has 0 aliphatic heterocycles. The van der Waals surface area contributed by atoms with Gasteiger partial charge in [-0.3, -0.25) is 14.2 Å². The number of carbonyl (C=O) groups excluding carboxylic acids is 1. The highest BCUT2D eigenvalue weighted by molar-refractivity contribution is 9.10. The maximum Gasteiger partial charge on any atom is 0.261 e. The van der Waals surface area contributed by atoms with Crippen molar-refractivity contribution in [3.8, 4) is 0 Å². The molecule has 1 aromatic carbocycles. The first-order chi connectivity index (χ1) is 9.61. The minimum atomic E-state index is -0.150. The van der Waals surface area contributed by atoms with Crippen molar-refractivity contribution in [3.05, 3.63) is 39.4 Å².